The van der Waals surface area contributed by atoms with Crippen molar-refractivity contribution in [3.8, 4) is 5.75 Å². The first-order valence-electron chi connectivity index (χ1n) is 6.70. The summed E-state index contributed by atoms with van der Waals surface area (Å²) in [5, 5.41) is 2.67. The zero-order chi connectivity index (χ0) is 14.1. The molecule has 0 fully saturated rings. The highest BCUT2D eigenvalue weighted by Crippen LogP contribution is 2.14. The smallest absolute Gasteiger partial charge is 0.220 e. The predicted molar refractivity (Wildman–Crippen MR) is 74.5 cm³/mol. The molecule has 0 heterocycles. The van der Waals surface area contributed by atoms with Crippen LogP contribution in [0, 0.1) is 0 Å². The maximum atomic E-state index is 11.9. The van der Waals surface area contributed by atoms with E-state index in [1.807, 2.05) is 13.8 Å². The van der Waals surface area contributed by atoms with E-state index >= 15 is 0 Å². The van der Waals surface area contributed by atoms with Crippen molar-refractivity contribution in [2.24, 2.45) is 0 Å². The van der Waals surface area contributed by atoms with Crippen LogP contribution >= 0.6 is 0 Å². The van der Waals surface area contributed by atoms with Gasteiger partial charge in [-0.2, -0.15) is 0 Å². The van der Waals surface area contributed by atoms with Crippen molar-refractivity contribution in [3.05, 3.63) is 29.8 Å². The Bertz CT molecular complexity index is 412. The molecule has 0 spiro atoms. The van der Waals surface area contributed by atoms with E-state index in [1.165, 1.54) is 0 Å². The first-order chi connectivity index (χ1) is 9.17. The molecule has 0 aliphatic carbocycles. The molecule has 1 aromatic carbocycles. The third kappa shape index (κ3) is 5.55. The van der Waals surface area contributed by atoms with Gasteiger partial charge in [-0.05, 0) is 37.6 Å². The molecule has 104 valence electrons. The van der Waals surface area contributed by atoms with Crippen LogP contribution in [0.15, 0.2) is 24.3 Å². The molecule has 4 nitrogen and oxygen atoms in total. The average Bonchev–Trinajstić information content (AvgIpc) is 2.43. The van der Waals surface area contributed by atoms with E-state index in [9.17, 15) is 9.59 Å². The van der Waals surface area contributed by atoms with E-state index in [4.69, 9.17) is 4.74 Å². The molecule has 1 N–H and O–H groups in total. The van der Waals surface area contributed by atoms with Crippen LogP contribution in [0.5, 0.6) is 5.75 Å². The number of amides is 1. The second-order valence-electron chi connectivity index (χ2n) is 4.25. The Morgan fingerprint density at radius 1 is 1.11 bits per heavy atom. The number of hydrogen-bond acceptors (Lipinski definition) is 3. The molecule has 19 heavy (non-hydrogen) atoms. The first-order valence-corrected chi connectivity index (χ1v) is 6.70. The van der Waals surface area contributed by atoms with Crippen molar-refractivity contribution in [1.29, 1.82) is 0 Å². The summed E-state index contributed by atoms with van der Waals surface area (Å²) in [6.07, 6.45) is 1.43. The fourth-order valence-corrected chi connectivity index (χ4v) is 1.61. The van der Waals surface area contributed by atoms with Crippen molar-refractivity contribution in [3.63, 3.8) is 0 Å². The standard InChI is InChI=1S/C15H21NO3/c1-3-11-19-13-7-5-12(6-8-13)14(17)9-10-15(18)16-4-2/h5-8H,3-4,9-11H2,1-2H3,(H,16,18). The Morgan fingerprint density at radius 2 is 1.79 bits per heavy atom. The maximum absolute atomic E-state index is 11.9. The Labute approximate surface area is 114 Å². The quantitative estimate of drug-likeness (QED) is 0.733. The van der Waals surface area contributed by atoms with Crippen molar-refractivity contribution in [1.82, 2.24) is 5.32 Å². The molecule has 1 amide bonds. The average molecular weight is 263 g/mol. The lowest BCUT2D eigenvalue weighted by Gasteiger charge is -2.05. The SMILES string of the molecule is CCCOc1ccc(C(=O)CCC(=O)NCC)cc1. The number of Topliss-reactive ketones (excluding diaryl/α,β-unsaturated/α-hetero) is 1. The Kier molecular flexibility index (Phi) is 6.64. The summed E-state index contributed by atoms with van der Waals surface area (Å²) in [5.41, 5.74) is 0.619. The van der Waals surface area contributed by atoms with E-state index in [2.05, 4.69) is 5.32 Å². The molecule has 1 rings (SSSR count). The third-order valence-electron chi connectivity index (χ3n) is 2.60. The summed E-state index contributed by atoms with van der Waals surface area (Å²) in [6.45, 7) is 5.16. The number of carbonyl (C=O) groups is 2. The normalized spacial score (nSPS) is 10.0. The molecule has 4 heteroatoms. The van der Waals surface area contributed by atoms with Gasteiger partial charge in [0.25, 0.3) is 0 Å². The number of ketones is 1. The van der Waals surface area contributed by atoms with Crippen molar-refractivity contribution >= 4 is 11.7 Å². The molecule has 0 bridgehead atoms. The van der Waals surface area contributed by atoms with Gasteiger partial charge >= 0.3 is 0 Å². The monoisotopic (exact) mass is 263 g/mol. The van der Waals surface area contributed by atoms with Gasteiger partial charge in [0.1, 0.15) is 5.75 Å². The number of ether oxygens (including phenoxy) is 1. The number of benzene rings is 1. The van der Waals surface area contributed by atoms with Crippen LogP contribution < -0.4 is 10.1 Å². The van der Waals surface area contributed by atoms with Gasteiger partial charge < -0.3 is 10.1 Å². The fraction of sp³-hybridized carbons (Fsp3) is 0.467. The second-order valence-corrected chi connectivity index (χ2v) is 4.25. The zero-order valence-corrected chi connectivity index (χ0v) is 11.6. The lowest BCUT2D eigenvalue weighted by molar-refractivity contribution is -0.120. The van der Waals surface area contributed by atoms with Crippen LogP contribution in [-0.4, -0.2) is 24.8 Å². The second kappa shape index (κ2) is 8.29. The van der Waals surface area contributed by atoms with Crippen LogP contribution in [0.1, 0.15) is 43.5 Å². The van der Waals surface area contributed by atoms with Crippen LogP contribution in [0.25, 0.3) is 0 Å². The topological polar surface area (TPSA) is 55.4 Å². The Balaban J connectivity index is 2.46. The van der Waals surface area contributed by atoms with Crippen LogP contribution in [0.3, 0.4) is 0 Å². The minimum atomic E-state index is -0.0845. The molecule has 0 saturated heterocycles. The van der Waals surface area contributed by atoms with Gasteiger partial charge in [-0.3, -0.25) is 9.59 Å². The zero-order valence-electron chi connectivity index (χ0n) is 11.6. The van der Waals surface area contributed by atoms with Crippen LogP contribution in [-0.2, 0) is 4.79 Å². The largest absolute Gasteiger partial charge is 0.494 e. The molecule has 0 aliphatic heterocycles. The highest BCUT2D eigenvalue weighted by Gasteiger charge is 2.08. The number of carbonyl (C=O) groups excluding carboxylic acids is 2. The lowest BCUT2D eigenvalue weighted by atomic mass is 10.1. The number of nitrogens with one attached hydrogen (secondary N) is 1. The summed E-state index contributed by atoms with van der Waals surface area (Å²) < 4.78 is 5.44. The van der Waals surface area contributed by atoms with Gasteiger partial charge in [0, 0.05) is 24.9 Å². The maximum Gasteiger partial charge on any atom is 0.220 e. The van der Waals surface area contributed by atoms with Crippen molar-refractivity contribution < 1.29 is 14.3 Å². The van der Waals surface area contributed by atoms with E-state index in [-0.39, 0.29) is 24.5 Å². The minimum absolute atomic E-state index is 0.0201. The summed E-state index contributed by atoms with van der Waals surface area (Å²) in [7, 11) is 0. The Hall–Kier alpha value is -1.84. The minimum Gasteiger partial charge on any atom is -0.494 e. The molecule has 0 atom stereocenters. The van der Waals surface area contributed by atoms with E-state index in [0.29, 0.717) is 18.7 Å². The fourth-order valence-electron chi connectivity index (χ4n) is 1.61. The van der Waals surface area contributed by atoms with Crippen molar-refractivity contribution in [2.45, 2.75) is 33.1 Å². The summed E-state index contributed by atoms with van der Waals surface area (Å²) in [4.78, 5) is 23.1. The number of hydrogen-bond donors (Lipinski definition) is 1. The molecule has 0 saturated carbocycles. The first kappa shape index (κ1) is 15.2. The summed E-state index contributed by atoms with van der Waals surface area (Å²) in [6, 6.07) is 7.06. The molecular formula is C15H21NO3. The summed E-state index contributed by atoms with van der Waals surface area (Å²) >= 11 is 0. The summed E-state index contributed by atoms with van der Waals surface area (Å²) in [5.74, 6) is 0.661. The third-order valence-corrected chi connectivity index (χ3v) is 2.60. The van der Waals surface area contributed by atoms with E-state index < -0.39 is 0 Å². The molecule has 0 aliphatic rings. The Morgan fingerprint density at radius 3 is 2.37 bits per heavy atom. The van der Waals surface area contributed by atoms with Gasteiger partial charge in [-0.1, -0.05) is 6.92 Å². The number of rotatable bonds is 8. The molecule has 0 aromatic heterocycles. The van der Waals surface area contributed by atoms with Crippen molar-refractivity contribution in [2.75, 3.05) is 13.2 Å². The van der Waals surface area contributed by atoms with Gasteiger partial charge in [0.2, 0.25) is 5.91 Å². The molecule has 0 radical (unpaired) electrons. The van der Waals surface area contributed by atoms with E-state index in [1.54, 1.807) is 24.3 Å². The molecule has 0 unspecified atom stereocenters. The molecular weight excluding hydrogens is 242 g/mol. The van der Waals surface area contributed by atoms with Gasteiger partial charge in [-0.15, -0.1) is 0 Å². The highest BCUT2D eigenvalue weighted by molar-refractivity contribution is 5.98. The van der Waals surface area contributed by atoms with E-state index in [0.717, 1.165) is 12.2 Å². The lowest BCUT2D eigenvalue weighted by Crippen LogP contribution is -2.23. The van der Waals surface area contributed by atoms with Crippen LogP contribution in [0.4, 0.5) is 0 Å². The van der Waals surface area contributed by atoms with Gasteiger partial charge in [0.05, 0.1) is 6.61 Å². The van der Waals surface area contributed by atoms with Crippen LogP contribution in [0.2, 0.25) is 0 Å². The predicted octanol–water partition coefficient (Wildman–Crippen LogP) is 2.57. The highest BCUT2D eigenvalue weighted by atomic mass is 16.5. The van der Waals surface area contributed by atoms with Gasteiger partial charge in [0.15, 0.2) is 5.78 Å². The van der Waals surface area contributed by atoms with Gasteiger partial charge in [-0.25, -0.2) is 0 Å². The molecule has 1 aromatic rings.